The normalized spacial score (nSPS) is 15.7. The number of carbonyl (C=O) groups excluding carboxylic acids is 2. The van der Waals surface area contributed by atoms with Crippen LogP contribution in [0, 0.1) is 0 Å². The predicted molar refractivity (Wildman–Crippen MR) is 106 cm³/mol. The highest BCUT2D eigenvalue weighted by Gasteiger charge is 2.18. The number of hydrogen-bond donors (Lipinski definition) is 2. The number of carbonyl (C=O) groups is 2. The van der Waals surface area contributed by atoms with E-state index in [-0.39, 0.29) is 24.6 Å². The molecule has 2 aromatic rings. The van der Waals surface area contributed by atoms with E-state index in [4.69, 9.17) is 9.47 Å². The Hall–Kier alpha value is -3.28. The van der Waals surface area contributed by atoms with Crippen molar-refractivity contribution in [1.29, 1.82) is 0 Å². The summed E-state index contributed by atoms with van der Waals surface area (Å²) in [5.41, 5.74) is 2.08. The van der Waals surface area contributed by atoms with Gasteiger partial charge in [-0.1, -0.05) is 18.9 Å². The van der Waals surface area contributed by atoms with Crippen molar-refractivity contribution in [2.24, 2.45) is 0 Å². The van der Waals surface area contributed by atoms with Gasteiger partial charge in [-0.2, -0.15) is 0 Å². The van der Waals surface area contributed by atoms with Gasteiger partial charge in [0.2, 0.25) is 12.7 Å². The van der Waals surface area contributed by atoms with Crippen molar-refractivity contribution < 1.29 is 19.1 Å². The molecule has 0 atom stereocenters. The van der Waals surface area contributed by atoms with Crippen LogP contribution >= 0.6 is 0 Å². The van der Waals surface area contributed by atoms with Crippen molar-refractivity contribution in [2.45, 2.75) is 31.7 Å². The van der Waals surface area contributed by atoms with Gasteiger partial charge in [-0.25, -0.2) is 0 Å². The topological polar surface area (TPSA) is 76.7 Å². The number of anilines is 1. The number of rotatable bonds is 5. The van der Waals surface area contributed by atoms with Crippen LogP contribution in [0.1, 0.15) is 41.6 Å². The number of fused-ring (bicyclic) bond motifs is 1. The Morgan fingerprint density at radius 2 is 1.71 bits per heavy atom. The Balaban J connectivity index is 1.32. The lowest BCUT2D eigenvalue weighted by molar-refractivity contribution is -0.111. The summed E-state index contributed by atoms with van der Waals surface area (Å²) in [6.07, 6.45) is 7.62. The molecule has 6 nitrogen and oxygen atoms in total. The van der Waals surface area contributed by atoms with Crippen LogP contribution in [0.2, 0.25) is 0 Å². The summed E-state index contributed by atoms with van der Waals surface area (Å²) in [7, 11) is 0. The zero-order valence-corrected chi connectivity index (χ0v) is 15.4. The third-order valence-electron chi connectivity index (χ3n) is 4.93. The molecular formula is C22H22N2O4. The maximum absolute atomic E-state index is 12.2. The Morgan fingerprint density at radius 3 is 2.50 bits per heavy atom. The number of ether oxygens (including phenoxy) is 2. The minimum atomic E-state index is -0.249. The monoisotopic (exact) mass is 378 g/mol. The molecule has 2 aliphatic rings. The van der Waals surface area contributed by atoms with Crippen molar-refractivity contribution >= 4 is 23.6 Å². The van der Waals surface area contributed by atoms with Crippen LogP contribution in [0.5, 0.6) is 11.5 Å². The predicted octanol–water partition coefficient (Wildman–Crippen LogP) is 3.74. The van der Waals surface area contributed by atoms with Crippen LogP contribution in [0.3, 0.4) is 0 Å². The molecule has 6 heteroatoms. The molecule has 0 aromatic heterocycles. The highest BCUT2D eigenvalue weighted by Crippen LogP contribution is 2.32. The van der Waals surface area contributed by atoms with E-state index in [0.717, 1.165) is 18.4 Å². The summed E-state index contributed by atoms with van der Waals surface area (Å²) in [6.45, 7) is 0.220. The van der Waals surface area contributed by atoms with Gasteiger partial charge in [0, 0.05) is 23.4 Å². The third-order valence-corrected chi connectivity index (χ3v) is 4.93. The van der Waals surface area contributed by atoms with Crippen molar-refractivity contribution in [3.8, 4) is 11.5 Å². The summed E-state index contributed by atoms with van der Waals surface area (Å²) >= 11 is 0. The van der Waals surface area contributed by atoms with E-state index in [1.54, 1.807) is 30.3 Å². The van der Waals surface area contributed by atoms with Crippen LogP contribution in [0.4, 0.5) is 5.69 Å². The molecule has 0 unspecified atom stereocenters. The largest absolute Gasteiger partial charge is 0.454 e. The van der Waals surface area contributed by atoms with Crippen LogP contribution in [-0.2, 0) is 4.79 Å². The standard InChI is InChI=1S/C22H22N2O4/c25-21(12-6-15-5-11-19-20(13-15)28-14-27-19)23-18-9-7-16(8-10-18)22(26)24-17-3-1-2-4-17/h5-13,17H,1-4,14H2,(H,23,25)(H,24,26)/b12-6+. The molecule has 1 fully saturated rings. The van der Waals surface area contributed by atoms with Crippen molar-refractivity contribution in [2.75, 3.05) is 12.1 Å². The molecule has 1 aliphatic heterocycles. The fourth-order valence-electron chi connectivity index (χ4n) is 3.42. The second kappa shape index (κ2) is 8.17. The SMILES string of the molecule is O=C(/C=C/c1ccc2c(c1)OCO2)Nc1ccc(C(=O)NC2CCCC2)cc1. The molecule has 144 valence electrons. The fourth-order valence-corrected chi connectivity index (χ4v) is 3.42. The highest BCUT2D eigenvalue weighted by molar-refractivity contribution is 6.02. The first-order valence-corrected chi connectivity index (χ1v) is 9.47. The lowest BCUT2D eigenvalue weighted by atomic mass is 10.1. The highest BCUT2D eigenvalue weighted by atomic mass is 16.7. The molecule has 1 saturated carbocycles. The van der Waals surface area contributed by atoms with Crippen LogP contribution in [-0.4, -0.2) is 24.6 Å². The van der Waals surface area contributed by atoms with Gasteiger partial charge in [-0.05, 0) is 60.9 Å². The van der Waals surface area contributed by atoms with Crippen LogP contribution in [0.25, 0.3) is 6.08 Å². The molecule has 1 heterocycles. The van der Waals surface area contributed by atoms with E-state index in [2.05, 4.69) is 10.6 Å². The summed E-state index contributed by atoms with van der Waals surface area (Å²) in [4.78, 5) is 24.4. The summed E-state index contributed by atoms with van der Waals surface area (Å²) in [5, 5.41) is 5.85. The van der Waals surface area contributed by atoms with Gasteiger partial charge in [-0.3, -0.25) is 9.59 Å². The zero-order chi connectivity index (χ0) is 19.3. The summed E-state index contributed by atoms with van der Waals surface area (Å²) < 4.78 is 10.6. The lowest BCUT2D eigenvalue weighted by Gasteiger charge is -2.12. The van der Waals surface area contributed by atoms with Crippen molar-refractivity contribution in [3.05, 3.63) is 59.7 Å². The van der Waals surface area contributed by atoms with Gasteiger partial charge >= 0.3 is 0 Å². The molecule has 2 N–H and O–H groups in total. The molecule has 2 aromatic carbocycles. The first kappa shape index (κ1) is 18.1. The van der Waals surface area contributed by atoms with Gasteiger partial charge in [-0.15, -0.1) is 0 Å². The molecule has 4 rings (SSSR count). The molecule has 0 radical (unpaired) electrons. The average Bonchev–Trinajstić information content (AvgIpc) is 3.38. The Morgan fingerprint density at radius 1 is 0.964 bits per heavy atom. The zero-order valence-electron chi connectivity index (χ0n) is 15.4. The average molecular weight is 378 g/mol. The minimum Gasteiger partial charge on any atom is -0.454 e. The molecule has 2 amide bonds. The third kappa shape index (κ3) is 4.34. The minimum absolute atomic E-state index is 0.0625. The summed E-state index contributed by atoms with van der Waals surface area (Å²) in [5.74, 6) is 1.07. The Kier molecular flexibility index (Phi) is 5.28. The van der Waals surface area contributed by atoms with Gasteiger partial charge in [0.25, 0.3) is 5.91 Å². The number of amides is 2. The maximum Gasteiger partial charge on any atom is 0.251 e. The molecule has 0 spiro atoms. The van der Waals surface area contributed by atoms with Gasteiger partial charge in [0.1, 0.15) is 0 Å². The van der Waals surface area contributed by atoms with Crippen molar-refractivity contribution in [3.63, 3.8) is 0 Å². The van der Waals surface area contributed by atoms with Gasteiger partial charge < -0.3 is 20.1 Å². The Labute approximate surface area is 163 Å². The molecule has 28 heavy (non-hydrogen) atoms. The van der Waals surface area contributed by atoms with Crippen molar-refractivity contribution in [1.82, 2.24) is 5.32 Å². The number of benzene rings is 2. The van der Waals surface area contributed by atoms with Crippen LogP contribution < -0.4 is 20.1 Å². The second-order valence-electron chi connectivity index (χ2n) is 6.97. The van der Waals surface area contributed by atoms with E-state index in [1.165, 1.54) is 18.9 Å². The molecule has 0 bridgehead atoms. The molecule has 1 aliphatic carbocycles. The second-order valence-corrected chi connectivity index (χ2v) is 6.97. The van der Waals surface area contributed by atoms with E-state index >= 15 is 0 Å². The van der Waals surface area contributed by atoms with Gasteiger partial charge in [0.05, 0.1) is 0 Å². The quantitative estimate of drug-likeness (QED) is 0.777. The van der Waals surface area contributed by atoms with E-state index in [1.807, 2.05) is 18.2 Å². The Bertz CT molecular complexity index is 899. The van der Waals surface area contributed by atoms with E-state index < -0.39 is 0 Å². The number of nitrogens with one attached hydrogen (secondary N) is 2. The van der Waals surface area contributed by atoms with E-state index in [9.17, 15) is 9.59 Å². The lowest BCUT2D eigenvalue weighted by Crippen LogP contribution is -2.32. The molecule has 0 saturated heterocycles. The first-order valence-electron chi connectivity index (χ1n) is 9.47. The van der Waals surface area contributed by atoms with Gasteiger partial charge in [0.15, 0.2) is 11.5 Å². The van der Waals surface area contributed by atoms with Crippen LogP contribution in [0.15, 0.2) is 48.5 Å². The van der Waals surface area contributed by atoms with E-state index in [0.29, 0.717) is 22.7 Å². The fraction of sp³-hybridized carbons (Fsp3) is 0.273. The number of hydrogen-bond acceptors (Lipinski definition) is 4. The summed E-state index contributed by atoms with van der Waals surface area (Å²) in [6, 6.07) is 12.7. The molecular weight excluding hydrogens is 356 g/mol. The maximum atomic E-state index is 12.2. The first-order chi connectivity index (χ1) is 13.7. The smallest absolute Gasteiger partial charge is 0.251 e.